The summed E-state index contributed by atoms with van der Waals surface area (Å²) >= 11 is 0. The second-order valence-corrected chi connectivity index (χ2v) is 8.24. The third-order valence-electron chi connectivity index (χ3n) is 6.70. The van der Waals surface area contributed by atoms with E-state index in [4.69, 9.17) is 4.98 Å². The summed E-state index contributed by atoms with van der Waals surface area (Å²) in [5.41, 5.74) is 2.71. The van der Waals surface area contributed by atoms with Gasteiger partial charge in [-0.3, -0.25) is 9.69 Å². The highest BCUT2D eigenvalue weighted by molar-refractivity contribution is 5.94. The Kier molecular flexibility index (Phi) is 4.66. The van der Waals surface area contributed by atoms with E-state index in [-0.39, 0.29) is 17.3 Å². The van der Waals surface area contributed by atoms with Crippen LogP contribution in [0.2, 0.25) is 0 Å². The van der Waals surface area contributed by atoms with E-state index in [1.807, 2.05) is 17.2 Å². The van der Waals surface area contributed by atoms with Crippen LogP contribution in [0.4, 0.5) is 4.39 Å². The Balaban J connectivity index is 1.41. The smallest absolute Gasteiger partial charge is 0.253 e. The van der Waals surface area contributed by atoms with Gasteiger partial charge in [0.25, 0.3) is 5.91 Å². The molecule has 0 saturated carbocycles. The quantitative estimate of drug-likeness (QED) is 0.653. The van der Waals surface area contributed by atoms with Crippen LogP contribution < -0.4 is 0 Å². The van der Waals surface area contributed by atoms with Crippen LogP contribution in [0, 0.1) is 5.82 Å². The van der Waals surface area contributed by atoms with Gasteiger partial charge >= 0.3 is 0 Å². The molecule has 1 fully saturated rings. The number of likely N-dealkylation sites (tertiary alicyclic amines) is 1. The summed E-state index contributed by atoms with van der Waals surface area (Å²) in [6.07, 6.45) is 3.66. The van der Waals surface area contributed by atoms with Gasteiger partial charge in [-0.15, -0.1) is 0 Å². The number of piperidine rings is 1. The predicted octanol–water partition coefficient (Wildman–Crippen LogP) is 3.77. The lowest BCUT2D eigenvalue weighted by molar-refractivity contribution is 0.0101. The third kappa shape index (κ3) is 3.03. The van der Waals surface area contributed by atoms with Crippen molar-refractivity contribution in [1.29, 1.82) is 0 Å². The minimum atomic E-state index is -0.325. The first-order valence-corrected chi connectivity index (χ1v) is 10.5. The van der Waals surface area contributed by atoms with Crippen molar-refractivity contribution in [3.8, 4) is 11.3 Å². The third-order valence-corrected chi connectivity index (χ3v) is 6.70. The van der Waals surface area contributed by atoms with Crippen LogP contribution in [0.1, 0.15) is 29.0 Å². The zero-order chi connectivity index (χ0) is 20.7. The number of carbonyl (C=O) groups excluding carboxylic acids is 1. The molecule has 2 aliphatic rings. The molecule has 1 saturated heterocycles. The second-order valence-electron chi connectivity index (χ2n) is 8.24. The van der Waals surface area contributed by atoms with Crippen LogP contribution in [-0.4, -0.2) is 51.9 Å². The first-order valence-electron chi connectivity index (χ1n) is 10.5. The molecule has 0 unspecified atom stereocenters. The molecular weight excluding hydrogens is 379 g/mol. The van der Waals surface area contributed by atoms with Gasteiger partial charge in [0.1, 0.15) is 11.6 Å². The number of amides is 1. The van der Waals surface area contributed by atoms with E-state index in [9.17, 15) is 9.18 Å². The summed E-state index contributed by atoms with van der Waals surface area (Å²) in [6.45, 7) is 3.19. The molecule has 1 amide bonds. The SMILES string of the molecule is CN1CCn2c(-c3ccccc3)cnc2C12CCN(C(=O)c1ccc(F)cc1)CC2. The van der Waals surface area contributed by atoms with E-state index >= 15 is 0 Å². The fraction of sp³-hybridized carbons (Fsp3) is 0.333. The van der Waals surface area contributed by atoms with E-state index in [0.29, 0.717) is 18.7 Å². The molecule has 5 rings (SSSR count). The maximum absolute atomic E-state index is 13.2. The van der Waals surface area contributed by atoms with Crippen LogP contribution in [0.15, 0.2) is 60.8 Å². The zero-order valence-electron chi connectivity index (χ0n) is 17.1. The molecule has 30 heavy (non-hydrogen) atoms. The highest BCUT2D eigenvalue weighted by atomic mass is 19.1. The molecule has 1 aromatic heterocycles. The molecule has 1 spiro atoms. The van der Waals surface area contributed by atoms with E-state index in [1.54, 1.807) is 12.1 Å². The van der Waals surface area contributed by atoms with Crippen molar-refractivity contribution in [2.45, 2.75) is 24.9 Å². The monoisotopic (exact) mass is 404 g/mol. The van der Waals surface area contributed by atoms with Gasteiger partial charge < -0.3 is 9.47 Å². The standard InChI is InChI=1S/C24H25FN4O/c1-27-15-16-29-21(18-5-3-2-4-6-18)17-26-23(29)24(27)11-13-28(14-12-24)22(30)19-7-9-20(25)10-8-19/h2-10,17H,11-16H2,1H3. The van der Waals surface area contributed by atoms with Crippen LogP contribution >= 0.6 is 0 Å². The van der Waals surface area contributed by atoms with Crippen LogP contribution in [0.5, 0.6) is 0 Å². The van der Waals surface area contributed by atoms with Crippen LogP contribution in [-0.2, 0) is 12.1 Å². The first kappa shape index (κ1) is 19.0. The van der Waals surface area contributed by atoms with Crippen molar-refractivity contribution in [3.05, 3.63) is 78.0 Å². The van der Waals surface area contributed by atoms with E-state index in [0.717, 1.165) is 37.4 Å². The number of nitrogens with zero attached hydrogens (tertiary/aromatic N) is 4. The maximum Gasteiger partial charge on any atom is 0.253 e. The number of benzene rings is 2. The minimum absolute atomic E-state index is 0.0309. The summed E-state index contributed by atoms with van der Waals surface area (Å²) < 4.78 is 15.6. The minimum Gasteiger partial charge on any atom is -0.338 e. The lowest BCUT2D eigenvalue weighted by Gasteiger charge is -2.49. The summed E-state index contributed by atoms with van der Waals surface area (Å²) in [6, 6.07) is 16.2. The van der Waals surface area contributed by atoms with Gasteiger partial charge in [0.15, 0.2) is 0 Å². The summed E-state index contributed by atoms with van der Waals surface area (Å²) in [7, 11) is 2.16. The number of hydrogen-bond acceptors (Lipinski definition) is 3. The number of aromatic nitrogens is 2. The van der Waals surface area contributed by atoms with Gasteiger partial charge in [-0.05, 0) is 49.7 Å². The topological polar surface area (TPSA) is 41.4 Å². The predicted molar refractivity (Wildman–Crippen MR) is 114 cm³/mol. The molecule has 3 aromatic rings. The Bertz CT molecular complexity index is 1050. The first-order chi connectivity index (χ1) is 14.6. The molecule has 0 N–H and O–H groups in total. The molecule has 3 heterocycles. The van der Waals surface area contributed by atoms with Crippen molar-refractivity contribution in [2.75, 3.05) is 26.7 Å². The Labute approximate surface area is 175 Å². The van der Waals surface area contributed by atoms with Crippen molar-refractivity contribution in [3.63, 3.8) is 0 Å². The number of halogens is 1. The van der Waals surface area contributed by atoms with Crippen molar-refractivity contribution >= 4 is 5.91 Å². The number of hydrogen-bond donors (Lipinski definition) is 0. The Hall–Kier alpha value is -2.99. The highest BCUT2D eigenvalue weighted by Crippen LogP contribution is 2.41. The molecular formula is C24H25FN4O. The van der Waals surface area contributed by atoms with E-state index < -0.39 is 0 Å². The van der Waals surface area contributed by atoms with Crippen molar-refractivity contribution < 1.29 is 9.18 Å². The average Bonchev–Trinajstić information content (AvgIpc) is 3.23. The Morgan fingerprint density at radius 2 is 1.67 bits per heavy atom. The summed E-state index contributed by atoms with van der Waals surface area (Å²) in [5.74, 6) is 0.745. The fourth-order valence-electron chi connectivity index (χ4n) is 4.91. The van der Waals surface area contributed by atoms with Gasteiger partial charge in [-0.2, -0.15) is 0 Å². The maximum atomic E-state index is 13.2. The van der Waals surface area contributed by atoms with Gasteiger partial charge in [-0.1, -0.05) is 30.3 Å². The van der Waals surface area contributed by atoms with Crippen molar-refractivity contribution in [1.82, 2.24) is 19.4 Å². The molecule has 6 heteroatoms. The molecule has 154 valence electrons. The fourth-order valence-corrected chi connectivity index (χ4v) is 4.91. The molecule has 2 aromatic carbocycles. The number of imidazole rings is 1. The number of carbonyl (C=O) groups is 1. The number of fused-ring (bicyclic) bond motifs is 2. The molecule has 0 radical (unpaired) electrons. The molecule has 0 atom stereocenters. The van der Waals surface area contributed by atoms with Crippen LogP contribution in [0.3, 0.4) is 0 Å². The van der Waals surface area contributed by atoms with Crippen molar-refractivity contribution in [2.24, 2.45) is 0 Å². The van der Waals surface area contributed by atoms with Gasteiger partial charge in [0, 0.05) is 31.7 Å². The average molecular weight is 404 g/mol. The highest BCUT2D eigenvalue weighted by Gasteiger charge is 2.46. The number of likely N-dealkylation sites (N-methyl/N-ethyl adjacent to an activating group) is 1. The molecule has 2 aliphatic heterocycles. The van der Waals surface area contributed by atoms with Crippen LogP contribution in [0.25, 0.3) is 11.3 Å². The van der Waals surface area contributed by atoms with Gasteiger partial charge in [0.2, 0.25) is 0 Å². The van der Waals surface area contributed by atoms with E-state index in [2.05, 4.69) is 40.8 Å². The lowest BCUT2D eigenvalue weighted by Crippen LogP contribution is -2.57. The number of rotatable bonds is 2. The molecule has 0 bridgehead atoms. The Morgan fingerprint density at radius 3 is 2.37 bits per heavy atom. The Morgan fingerprint density at radius 1 is 0.967 bits per heavy atom. The largest absolute Gasteiger partial charge is 0.338 e. The molecule has 5 nitrogen and oxygen atoms in total. The second kappa shape index (κ2) is 7.36. The van der Waals surface area contributed by atoms with Gasteiger partial charge in [-0.25, -0.2) is 9.37 Å². The van der Waals surface area contributed by atoms with Gasteiger partial charge in [0.05, 0.1) is 17.4 Å². The zero-order valence-corrected chi connectivity index (χ0v) is 17.1. The summed E-state index contributed by atoms with van der Waals surface area (Å²) in [5, 5.41) is 0. The lowest BCUT2D eigenvalue weighted by atomic mass is 9.83. The van der Waals surface area contributed by atoms with E-state index in [1.165, 1.54) is 17.7 Å². The molecule has 0 aliphatic carbocycles. The normalized spacial score (nSPS) is 18.4. The summed E-state index contributed by atoms with van der Waals surface area (Å²) in [4.78, 5) is 22.0.